The van der Waals surface area contributed by atoms with Crippen molar-refractivity contribution >= 4 is 11.9 Å². The fourth-order valence-electron chi connectivity index (χ4n) is 2.03. The Labute approximate surface area is 130 Å². The Hall–Kier alpha value is -2.24. The smallest absolute Gasteiger partial charge is 0.326 e. The third kappa shape index (κ3) is 5.27. The zero-order valence-corrected chi connectivity index (χ0v) is 13.4. The van der Waals surface area contributed by atoms with Crippen LogP contribution in [-0.2, 0) is 16.0 Å². The first-order valence-electron chi connectivity index (χ1n) is 7.11. The van der Waals surface area contributed by atoms with Gasteiger partial charge in [-0.1, -0.05) is 13.8 Å². The van der Waals surface area contributed by atoms with Gasteiger partial charge < -0.3 is 19.9 Å². The molecule has 6 heteroatoms. The van der Waals surface area contributed by atoms with Crippen molar-refractivity contribution in [1.29, 1.82) is 0 Å². The molecule has 6 nitrogen and oxygen atoms in total. The Balaban J connectivity index is 2.65. The lowest BCUT2D eigenvalue weighted by atomic mass is 10.0. The predicted molar refractivity (Wildman–Crippen MR) is 82.3 cm³/mol. The van der Waals surface area contributed by atoms with Crippen molar-refractivity contribution in [2.45, 2.75) is 32.7 Å². The van der Waals surface area contributed by atoms with Gasteiger partial charge in [0, 0.05) is 12.5 Å². The Kier molecular flexibility index (Phi) is 6.69. The molecule has 2 N–H and O–H groups in total. The number of methoxy groups -OCH3 is 2. The number of ether oxygens (including phenoxy) is 2. The van der Waals surface area contributed by atoms with Gasteiger partial charge in [-0.3, -0.25) is 4.79 Å². The second-order valence-corrected chi connectivity index (χ2v) is 5.35. The molecular weight excluding hydrogens is 286 g/mol. The lowest BCUT2D eigenvalue weighted by Crippen LogP contribution is -2.44. The van der Waals surface area contributed by atoms with Gasteiger partial charge in [0.25, 0.3) is 0 Å². The average molecular weight is 309 g/mol. The second kappa shape index (κ2) is 8.26. The summed E-state index contributed by atoms with van der Waals surface area (Å²) in [6, 6.07) is 4.54. The number of carbonyl (C=O) groups excluding carboxylic acids is 1. The standard InChI is InChI=1S/C16H23NO5/c1-10(2)15(16(19)20)17-14(18)6-5-11-7-12(21-3)9-13(8-11)22-4/h7-10,15H,5-6H2,1-4H3,(H,17,18)(H,19,20). The number of amides is 1. The molecule has 1 aromatic carbocycles. The van der Waals surface area contributed by atoms with Crippen molar-refractivity contribution in [3.05, 3.63) is 23.8 Å². The maximum atomic E-state index is 11.9. The maximum Gasteiger partial charge on any atom is 0.326 e. The molecule has 0 spiro atoms. The predicted octanol–water partition coefficient (Wildman–Crippen LogP) is 1.86. The van der Waals surface area contributed by atoms with E-state index in [0.29, 0.717) is 17.9 Å². The minimum atomic E-state index is -1.02. The van der Waals surface area contributed by atoms with Crippen LogP contribution in [0.2, 0.25) is 0 Å². The molecule has 1 unspecified atom stereocenters. The summed E-state index contributed by atoms with van der Waals surface area (Å²) in [6.45, 7) is 3.51. The van der Waals surface area contributed by atoms with Gasteiger partial charge in [-0.15, -0.1) is 0 Å². The van der Waals surface area contributed by atoms with Crippen LogP contribution < -0.4 is 14.8 Å². The van der Waals surface area contributed by atoms with E-state index in [-0.39, 0.29) is 18.2 Å². The normalized spacial score (nSPS) is 11.9. The van der Waals surface area contributed by atoms with E-state index in [9.17, 15) is 9.59 Å². The topological polar surface area (TPSA) is 84.9 Å². The van der Waals surface area contributed by atoms with E-state index in [1.807, 2.05) is 12.1 Å². The summed E-state index contributed by atoms with van der Waals surface area (Å²) in [4.78, 5) is 23.0. The quantitative estimate of drug-likeness (QED) is 0.765. The molecule has 1 rings (SSSR count). The number of hydrogen-bond acceptors (Lipinski definition) is 4. The fourth-order valence-corrected chi connectivity index (χ4v) is 2.03. The van der Waals surface area contributed by atoms with Gasteiger partial charge >= 0.3 is 5.97 Å². The number of aryl methyl sites for hydroxylation is 1. The summed E-state index contributed by atoms with van der Waals surface area (Å²) in [5.41, 5.74) is 0.891. The molecule has 0 fully saturated rings. The van der Waals surface area contributed by atoms with Crippen molar-refractivity contribution in [3.63, 3.8) is 0 Å². The van der Waals surface area contributed by atoms with Crippen LogP contribution in [0.5, 0.6) is 11.5 Å². The van der Waals surface area contributed by atoms with Crippen molar-refractivity contribution in [2.24, 2.45) is 5.92 Å². The van der Waals surface area contributed by atoms with Gasteiger partial charge in [-0.05, 0) is 30.0 Å². The number of nitrogens with one attached hydrogen (secondary N) is 1. The highest BCUT2D eigenvalue weighted by molar-refractivity contribution is 5.83. The minimum absolute atomic E-state index is 0.168. The molecule has 0 aromatic heterocycles. The highest BCUT2D eigenvalue weighted by Crippen LogP contribution is 2.23. The summed E-state index contributed by atoms with van der Waals surface area (Å²) in [5, 5.41) is 11.6. The number of carboxylic acid groups (broad SMARTS) is 1. The maximum absolute atomic E-state index is 11.9. The summed E-state index contributed by atoms with van der Waals surface area (Å²) in [6.07, 6.45) is 0.677. The van der Waals surface area contributed by atoms with Crippen LogP contribution in [0, 0.1) is 5.92 Å². The Bertz CT molecular complexity index is 505. The molecule has 0 heterocycles. The van der Waals surface area contributed by atoms with Crippen LogP contribution in [0.15, 0.2) is 18.2 Å². The SMILES string of the molecule is COc1cc(CCC(=O)NC(C(=O)O)C(C)C)cc(OC)c1. The third-order valence-corrected chi connectivity index (χ3v) is 3.30. The molecule has 122 valence electrons. The van der Waals surface area contributed by atoms with Crippen LogP contribution in [-0.4, -0.2) is 37.2 Å². The third-order valence-electron chi connectivity index (χ3n) is 3.30. The number of rotatable bonds is 8. The van der Waals surface area contributed by atoms with Gasteiger partial charge in [0.1, 0.15) is 17.5 Å². The Morgan fingerprint density at radius 1 is 1.14 bits per heavy atom. The number of carbonyl (C=O) groups is 2. The second-order valence-electron chi connectivity index (χ2n) is 5.35. The van der Waals surface area contributed by atoms with E-state index in [2.05, 4.69) is 5.32 Å². The van der Waals surface area contributed by atoms with Crippen molar-refractivity contribution in [2.75, 3.05) is 14.2 Å². The van der Waals surface area contributed by atoms with E-state index in [1.165, 1.54) is 0 Å². The number of aliphatic carboxylic acids is 1. The van der Waals surface area contributed by atoms with Gasteiger partial charge in [0.05, 0.1) is 14.2 Å². The first kappa shape index (κ1) is 17.8. The minimum Gasteiger partial charge on any atom is -0.497 e. The van der Waals surface area contributed by atoms with E-state index in [4.69, 9.17) is 14.6 Å². The Morgan fingerprint density at radius 2 is 1.68 bits per heavy atom. The molecule has 0 saturated heterocycles. The molecule has 0 aliphatic heterocycles. The van der Waals surface area contributed by atoms with E-state index < -0.39 is 12.0 Å². The van der Waals surface area contributed by atoms with Crippen LogP contribution in [0.25, 0.3) is 0 Å². The van der Waals surface area contributed by atoms with E-state index >= 15 is 0 Å². The van der Waals surface area contributed by atoms with Gasteiger partial charge in [0.2, 0.25) is 5.91 Å². The van der Waals surface area contributed by atoms with Crippen LogP contribution in [0.1, 0.15) is 25.8 Å². The average Bonchev–Trinajstić information content (AvgIpc) is 2.49. The molecule has 1 amide bonds. The van der Waals surface area contributed by atoms with Crippen LogP contribution in [0.4, 0.5) is 0 Å². The summed E-state index contributed by atoms with van der Waals surface area (Å²) in [5.74, 6) is -0.173. The van der Waals surface area contributed by atoms with Crippen molar-refractivity contribution in [1.82, 2.24) is 5.32 Å². The molecule has 0 radical (unpaired) electrons. The first-order valence-corrected chi connectivity index (χ1v) is 7.11. The molecule has 0 aliphatic rings. The molecule has 1 atom stereocenters. The summed E-state index contributed by atoms with van der Waals surface area (Å²) in [7, 11) is 3.12. The highest BCUT2D eigenvalue weighted by Gasteiger charge is 2.23. The van der Waals surface area contributed by atoms with Crippen molar-refractivity contribution in [3.8, 4) is 11.5 Å². The van der Waals surface area contributed by atoms with Crippen LogP contribution in [0.3, 0.4) is 0 Å². The molecule has 0 aliphatic carbocycles. The van der Waals surface area contributed by atoms with Gasteiger partial charge in [0.15, 0.2) is 0 Å². The molecular formula is C16H23NO5. The lowest BCUT2D eigenvalue weighted by molar-refractivity contribution is -0.143. The summed E-state index contributed by atoms with van der Waals surface area (Å²) < 4.78 is 10.3. The van der Waals surface area contributed by atoms with Gasteiger partial charge in [-0.2, -0.15) is 0 Å². The highest BCUT2D eigenvalue weighted by atomic mass is 16.5. The van der Waals surface area contributed by atoms with Gasteiger partial charge in [-0.25, -0.2) is 4.79 Å². The number of hydrogen-bond donors (Lipinski definition) is 2. The summed E-state index contributed by atoms with van der Waals surface area (Å²) >= 11 is 0. The zero-order chi connectivity index (χ0) is 16.7. The monoisotopic (exact) mass is 309 g/mol. The van der Waals surface area contributed by atoms with Crippen molar-refractivity contribution < 1.29 is 24.2 Å². The molecule has 0 saturated carbocycles. The molecule has 22 heavy (non-hydrogen) atoms. The van der Waals surface area contributed by atoms with E-state index in [0.717, 1.165) is 5.56 Å². The fraction of sp³-hybridized carbons (Fsp3) is 0.500. The molecule has 0 bridgehead atoms. The first-order chi connectivity index (χ1) is 10.4. The largest absolute Gasteiger partial charge is 0.497 e. The lowest BCUT2D eigenvalue weighted by Gasteiger charge is -2.17. The Morgan fingerprint density at radius 3 is 2.09 bits per heavy atom. The zero-order valence-electron chi connectivity index (χ0n) is 13.4. The van der Waals surface area contributed by atoms with E-state index in [1.54, 1.807) is 34.1 Å². The molecule has 1 aromatic rings. The van der Waals surface area contributed by atoms with Crippen LogP contribution >= 0.6 is 0 Å². The number of benzene rings is 1. The number of carboxylic acids is 1.